The normalized spacial score (nSPS) is 21.7. The summed E-state index contributed by atoms with van der Waals surface area (Å²) in [6, 6.07) is 18.6. The molecule has 1 saturated carbocycles. The van der Waals surface area contributed by atoms with E-state index in [1.165, 1.54) is 22.6 Å². The molecule has 1 N–H and O–H groups in total. The standard InChI is InChI=1S/C26H25FN2O2S/c27-19-8-6-17(7-9-19)21-16-22(21)26(31)28-13-10-24(30)29-14-11-23-20(12-15-32-23)25(29)18-4-2-1-3-5-18/h1-9,12,15,21-22,25H,10-11,13-14,16H2,(H,28,31). The molecular formula is C26H25FN2O2S. The van der Waals surface area contributed by atoms with E-state index in [4.69, 9.17) is 0 Å². The van der Waals surface area contributed by atoms with Gasteiger partial charge in [0.1, 0.15) is 5.82 Å². The third-order valence-electron chi connectivity index (χ3n) is 6.47. The minimum absolute atomic E-state index is 0.0227. The van der Waals surface area contributed by atoms with Crippen LogP contribution in [0.2, 0.25) is 0 Å². The molecule has 5 rings (SSSR count). The number of amides is 2. The van der Waals surface area contributed by atoms with Gasteiger partial charge in [-0.15, -0.1) is 11.3 Å². The Bertz CT molecular complexity index is 1110. The van der Waals surface area contributed by atoms with Gasteiger partial charge < -0.3 is 10.2 Å². The first-order valence-corrected chi connectivity index (χ1v) is 11.9. The number of fused-ring (bicyclic) bond motifs is 1. The highest BCUT2D eigenvalue weighted by Gasteiger charge is 2.43. The van der Waals surface area contributed by atoms with Crippen LogP contribution in [0.4, 0.5) is 4.39 Å². The fraction of sp³-hybridized carbons (Fsp3) is 0.308. The summed E-state index contributed by atoms with van der Waals surface area (Å²) in [5, 5.41) is 5.04. The molecule has 32 heavy (non-hydrogen) atoms. The average molecular weight is 449 g/mol. The predicted octanol–water partition coefficient (Wildman–Crippen LogP) is 4.67. The van der Waals surface area contributed by atoms with Crippen LogP contribution < -0.4 is 5.32 Å². The molecule has 2 aromatic carbocycles. The molecule has 3 aromatic rings. The summed E-state index contributed by atoms with van der Waals surface area (Å²) in [6.07, 6.45) is 1.92. The second-order valence-electron chi connectivity index (χ2n) is 8.49. The monoisotopic (exact) mass is 448 g/mol. The van der Waals surface area contributed by atoms with E-state index in [2.05, 4.69) is 28.9 Å². The molecule has 1 fully saturated rings. The zero-order valence-electron chi connectivity index (χ0n) is 17.7. The number of halogens is 1. The van der Waals surface area contributed by atoms with Crippen molar-refractivity contribution >= 4 is 23.2 Å². The van der Waals surface area contributed by atoms with Gasteiger partial charge in [-0.3, -0.25) is 9.59 Å². The van der Waals surface area contributed by atoms with E-state index in [0.717, 1.165) is 24.0 Å². The van der Waals surface area contributed by atoms with Crippen LogP contribution in [-0.2, 0) is 16.0 Å². The maximum absolute atomic E-state index is 13.1. The minimum Gasteiger partial charge on any atom is -0.355 e. The first-order valence-electron chi connectivity index (χ1n) is 11.1. The van der Waals surface area contributed by atoms with Gasteiger partial charge in [0.15, 0.2) is 0 Å². The summed E-state index contributed by atoms with van der Waals surface area (Å²) in [7, 11) is 0. The van der Waals surface area contributed by atoms with Crippen molar-refractivity contribution in [2.45, 2.75) is 31.2 Å². The topological polar surface area (TPSA) is 49.4 Å². The molecule has 3 atom stereocenters. The lowest BCUT2D eigenvalue weighted by Gasteiger charge is -2.36. The lowest BCUT2D eigenvalue weighted by atomic mass is 9.93. The number of nitrogens with zero attached hydrogens (tertiary/aromatic N) is 1. The van der Waals surface area contributed by atoms with Gasteiger partial charge in [0, 0.05) is 30.3 Å². The Labute approximate surface area is 191 Å². The minimum atomic E-state index is -0.269. The molecule has 0 bridgehead atoms. The lowest BCUT2D eigenvalue weighted by molar-refractivity contribution is -0.133. The molecule has 2 amide bonds. The van der Waals surface area contributed by atoms with Crippen LogP contribution in [0.25, 0.3) is 0 Å². The van der Waals surface area contributed by atoms with Gasteiger partial charge in [-0.25, -0.2) is 4.39 Å². The predicted molar refractivity (Wildman–Crippen MR) is 123 cm³/mol. The van der Waals surface area contributed by atoms with Gasteiger partial charge in [-0.2, -0.15) is 0 Å². The van der Waals surface area contributed by atoms with Crippen LogP contribution in [0.3, 0.4) is 0 Å². The maximum atomic E-state index is 13.1. The van der Waals surface area contributed by atoms with Gasteiger partial charge in [-0.05, 0) is 59.0 Å². The zero-order valence-corrected chi connectivity index (χ0v) is 18.5. The number of thiophene rings is 1. The van der Waals surface area contributed by atoms with Crippen molar-refractivity contribution in [2.24, 2.45) is 5.92 Å². The number of nitrogens with one attached hydrogen (secondary N) is 1. The Morgan fingerprint density at radius 2 is 1.81 bits per heavy atom. The quantitative estimate of drug-likeness (QED) is 0.596. The summed E-state index contributed by atoms with van der Waals surface area (Å²) in [5.74, 6) is -0.175. The van der Waals surface area contributed by atoms with Crippen molar-refractivity contribution in [1.29, 1.82) is 0 Å². The Hall–Kier alpha value is -2.99. The van der Waals surface area contributed by atoms with Crippen LogP contribution in [-0.4, -0.2) is 29.8 Å². The third kappa shape index (κ3) is 4.19. The fourth-order valence-corrected chi connectivity index (χ4v) is 5.61. The number of hydrogen-bond donors (Lipinski definition) is 1. The highest BCUT2D eigenvalue weighted by atomic mass is 32.1. The molecule has 0 spiro atoms. The van der Waals surface area contributed by atoms with Crippen molar-refractivity contribution in [3.8, 4) is 0 Å². The molecule has 2 heterocycles. The summed E-state index contributed by atoms with van der Waals surface area (Å²) in [5.41, 5.74) is 3.32. The van der Waals surface area contributed by atoms with Crippen molar-refractivity contribution in [3.05, 3.63) is 93.4 Å². The second-order valence-corrected chi connectivity index (χ2v) is 9.49. The number of carbonyl (C=O) groups excluding carboxylic acids is 2. The molecule has 1 aliphatic heterocycles. The Morgan fingerprint density at radius 1 is 1.03 bits per heavy atom. The number of benzene rings is 2. The van der Waals surface area contributed by atoms with E-state index in [1.807, 2.05) is 23.1 Å². The SMILES string of the molecule is O=C(NCCC(=O)N1CCc2sccc2C1c1ccccc1)C1CC1c1ccc(F)cc1. The van der Waals surface area contributed by atoms with Crippen LogP contribution in [0.5, 0.6) is 0 Å². The van der Waals surface area contributed by atoms with Crippen molar-refractivity contribution in [1.82, 2.24) is 10.2 Å². The molecular weight excluding hydrogens is 423 g/mol. The van der Waals surface area contributed by atoms with Gasteiger partial charge in [0.25, 0.3) is 0 Å². The van der Waals surface area contributed by atoms with Crippen LogP contribution >= 0.6 is 11.3 Å². The van der Waals surface area contributed by atoms with Gasteiger partial charge >= 0.3 is 0 Å². The van der Waals surface area contributed by atoms with Gasteiger partial charge in [0.2, 0.25) is 11.8 Å². The van der Waals surface area contributed by atoms with Crippen molar-refractivity contribution in [2.75, 3.05) is 13.1 Å². The third-order valence-corrected chi connectivity index (χ3v) is 7.46. The van der Waals surface area contributed by atoms with Gasteiger partial charge in [-0.1, -0.05) is 42.5 Å². The first-order chi connectivity index (χ1) is 15.6. The molecule has 0 saturated heterocycles. The largest absolute Gasteiger partial charge is 0.355 e. The van der Waals surface area contributed by atoms with Crippen LogP contribution in [0.1, 0.15) is 46.4 Å². The Balaban J connectivity index is 1.19. The van der Waals surface area contributed by atoms with Crippen LogP contribution in [0, 0.1) is 11.7 Å². The van der Waals surface area contributed by atoms with Crippen molar-refractivity contribution in [3.63, 3.8) is 0 Å². The van der Waals surface area contributed by atoms with Crippen molar-refractivity contribution < 1.29 is 14.0 Å². The van der Waals surface area contributed by atoms with E-state index in [1.54, 1.807) is 23.5 Å². The Morgan fingerprint density at radius 3 is 2.59 bits per heavy atom. The summed E-state index contributed by atoms with van der Waals surface area (Å²) < 4.78 is 13.1. The van der Waals surface area contributed by atoms with Crippen LogP contribution in [0.15, 0.2) is 66.0 Å². The Kier molecular flexibility index (Phi) is 5.79. The average Bonchev–Trinajstić information content (AvgIpc) is 3.47. The molecule has 4 nitrogen and oxygen atoms in total. The van der Waals surface area contributed by atoms with E-state index in [-0.39, 0.29) is 41.9 Å². The zero-order chi connectivity index (χ0) is 22.1. The highest BCUT2D eigenvalue weighted by Crippen LogP contribution is 2.47. The van der Waals surface area contributed by atoms with E-state index in [9.17, 15) is 14.0 Å². The maximum Gasteiger partial charge on any atom is 0.225 e. The fourth-order valence-electron chi connectivity index (χ4n) is 4.71. The number of hydrogen-bond acceptors (Lipinski definition) is 3. The number of carbonyl (C=O) groups is 2. The smallest absolute Gasteiger partial charge is 0.225 e. The number of rotatable bonds is 6. The molecule has 0 radical (unpaired) electrons. The summed E-state index contributed by atoms with van der Waals surface area (Å²) in [4.78, 5) is 29.0. The first kappa shape index (κ1) is 20.9. The molecule has 2 aliphatic rings. The lowest BCUT2D eigenvalue weighted by Crippen LogP contribution is -2.41. The second kappa shape index (κ2) is 8.87. The van der Waals surface area contributed by atoms with E-state index < -0.39 is 0 Å². The molecule has 6 heteroatoms. The molecule has 1 aromatic heterocycles. The highest BCUT2D eigenvalue weighted by molar-refractivity contribution is 7.10. The molecule has 164 valence electrons. The van der Waals surface area contributed by atoms with E-state index in [0.29, 0.717) is 13.1 Å². The summed E-state index contributed by atoms with van der Waals surface area (Å²) >= 11 is 1.75. The van der Waals surface area contributed by atoms with E-state index >= 15 is 0 Å². The van der Waals surface area contributed by atoms with Gasteiger partial charge in [0.05, 0.1) is 6.04 Å². The molecule has 1 aliphatic carbocycles. The molecule has 3 unspecified atom stereocenters. The summed E-state index contributed by atoms with van der Waals surface area (Å²) in [6.45, 7) is 1.02.